The second-order valence-corrected chi connectivity index (χ2v) is 5.89. The highest BCUT2D eigenvalue weighted by molar-refractivity contribution is 7.80. The van der Waals surface area contributed by atoms with Gasteiger partial charge in [0.2, 0.25) is 0 Å². The van der Waals surface area contributed by atoms with Gasteiger partial charge in [0.15, 0.2) is 0 Å². The Morgan fingerprint density at radius 3 is 2.22 bits per heavy atom. The van der Waals surface area contributed by atoms with Gasteiger partial charge in [0, 0.05) is 7.11 Å². The minimum atomic E-state index is -1.77. The summed E-state index contributed by atoms with van der Waals surface area (Å²) in [6.45, 7) is 4.10. The molecule has 0 bridgehead atoms. The van der Waals surface area contributed by atoms with Gasteiger partial charge in [0.25, 0.3) is 0 Å². The van der Waals surface area contributed by atoms with Crippen LogP contribution in [0.3, 0.4) is 0 Å². The predicted octanol–water partition coefficient (Wildman–Crippen LogP) is 1.63. The fourth-order valence-corrected chi connectivity index (χ4v) is 2.14. The van der Waals surface area contributed by atoms with Crippen molar-refractivity contribution in [3.63, 3.8) is 0 Å². The first kappa shape index (κ1) is 9.49. The fourth-order valence-electron chi connectivity index (χ4n) is 0.442. The molecule has 0 aromatic heterocycles. The molecule has 9 heavy (non-hydrogen) atoms. The Labute approximate surface area is 63.2 Å². The van der Waals surface area contributed by atoms with Gasteiger partial charge in [-0.05, 0) is 12.6 Å². The first-order chi connectivity index (χ1) is 4.18. The molecule has 0 radical (unpaired) electrons. The summed E-state index contributed by atoms with van der Waals surface area (Å²) < 4.78 is 10.5. The Morgan fingerprint density at radius 1 is 1.56 bits per heavy atom. The van der Waals surface area contributed by atoms with E-state index in [0.29, 0.717) is 5.94 Å². The highest BCUT2D eigenvalue weighted by Gasteiger charge is 2.26. The van der Waals surface area contributed by atoms with Gasteiger partial charge in [-0.15, -0.1) is 0 Å². The molecule has 4 heteroatoms. The average molecular weight is 166 g/mol. The molecule has 0 fully saturated rings. The lowest BCUT2D eigenvalue weighted by atomic mass is 11.0. The molecular formula is C5H14O2SSi. The lowest BCUT2D eigenvalue weighted by Crippen LogP contribution is -2.35. The van der Waals surface area contributed by atoms with Gasteiger partial charge in [-0.3, -0.25) is 0 Å². The van der Waals surface area contributed by atoms with Gasteiger partial charge in [-0.1, -0.05) is 6.92 Å². The molecule has 0 aromatic rings. The lowest BCUT2D eigenvalue weighted by molar-refractivity contribution is 0.242. The minimum Gasteiger partial charge on any atom is -0.398 e. The molecule has 0 aliphatic carbocycles. The van der Waals surface area contributed by atoms with Crippen LogP contribution in [-0.4, -0.2) is 21.6 Å². The summed E-state index contributed by atoms with van der Waals surface area (Å²) in [6, 6.07) is 0.976. The third-order valence-electron chi connectivity index (χ3n) is 1.44. The van der Waals surface area contributed by atoms with Crippen LogP contribution >= 0.6 is 12.6 Å². The topological polar surface area (TPSA) is 18.5 Å². The van der Waals surface area contributed by atoms with E-state index >= 15 is 0 Å². The lowest BCUT2D eigenvalue weighted by Gasteiger charge is -2.21. The summed E-state index contributed by atoms with van der Waals surface area (Å²) in [5, 5.41) is 0. The molecule has 0 N–H and O–H groups in total. The third kappa shape index (κ3) is 3.25. The van der Waals surface area contributed by atoms with E-state index in [0.717, 1.165) is 6.04 Å². The Morgan fingerprint density at radius 2 is 2.11 bits per heavy atom. The summed E-state index contributed by atoms with van der Waals surface area (Å²) >= 11 is 3.95. The molecule has 0 heterocycles. The highest BCUT2D eigenvalue weighted by atomic mass is 32.1. The normalized spacial score (nSPS) is 17.3. The summed E-state index contributed by atoms with van der Waals surface area (Å²) in [4.78, 5) is 0. The zero-order valence-corrected chi connectivity index (χ0v) is 8.07. The molecule has 0 saturated heterocycles. The zero-order valence-electron chi connectivity index (χ0n) is 6.18. The molecule has 0 spiro atoms. The van der Waals surface area contributed by atoms with Gasteiger partial charge in [0.1, 0.15) is 0 Å². The number of thiol groups is 1. The van der Waals surface area contributed by atoms with E-state index in [-0.39, 0.29) is 0 Å². The van der Waals surface area contributed by atoms with Crippen LogP contribution in [0.25, 0.3) is 0 Å². The summed E-state index contributed by atoms with van der Waals surface area (Å²) in [6.07, 6.45) is 0. The van der Waals surface area contributed by atoms with Gasteiger partial charge in [-0.2, -0.15) is 12.6 Å². The fraction of sp³-hybridized carbons (Fsp3) is 1.00. The van der Waals surface area contributed by atoms with Crippen LogP contribution in [0.5, 0.6) is 0 Å². The van der Waals surface area contributed by atoms with Crippen LogP contribution in [0, 0.1) is 0 Å². The molecule has 2 nitrogen and oxygen atoms in total. The van der Waals surface area contributed by atoms with Crippen molar-refractivity contribution in [1.29, 1.82) is 0 Å². The van der Waals surface area contributed by atoms with Crippen molar-refractivity contribution in [3.05, 3.63) is 0 Å². The number of hydrogen-bond acceptors (Lipinski definition) is 3. The highest BCUT2D eigenvalue weighted by Crippen LogP contribution is 2.10. The van der Waals surface area contributed by atoms with E-state index in [2.05, 4.69) is 19.6 Å². The van der Waals surface area contributed by atoms with Crippen molar-refractivity contribution in [3.8, 4) is 0 Å². The number of hydrogen-bond donors (Lipinski definition) is 1. The quantitative estimate of drug-likeness (QED) is 0.389. The molecule has 0 aromatic carbocycles. The van der Waals surface area contributed by atoms with Crippen LogP contribution < -0.4 is 0 Å². The maximum absolute atomic E-state index is 5.31. The first-order valence-corrected chi connectivity index (χ1v) is 6.14. The predicted molar refractivity (Wildman–Crippen MR) is 44.0 cm³/mol. The van der Waals surface area contributed by atoms with E-state index in [1.807, 2.05) is 6.55 Å². The van der Waals surface area contributed by atoms with E-state index in [4.69, 9.17) is 8.85 Å². The Hall–Kier alpha value is 0.487. The molecular weight excluding hydrogens is 152 g/mol. The largest absolute Gasteiger partial charge is 0.398 e. The van der Waals surface area contributed by atoms with Gasteiger partial charge in [0.05, 0.1) is 5.94 Å². The molecule has 0 aliphatic heterocycles. The van der Waals surface area contributed by atoms with Crippen molar-refractivity contribution in [1.82, 2.24) is 0 Å². The Bertz CT molecular complexity index is 75.4. The van der Waals surface area contributed by atoms with Gasteiger partial charge < -0.3 is 8.85 Å². The molecule has 1 atom stereocenters. The van der Waals surface area contributed by atoms with Crippen molar-refractivity contribution in [2.45, 2.75) is 19.5 Å². The maximum Gasteiger partial charge on any atom is 0.335 e. The van der Waals surface area contributed by atoms with Crippen LogP contribution in [0.4, 0.5) is 0 Å². The molecule has 56 valence electrons. The van der Waals surface area contributed by atoms with E-state index in [9.17, 15) is 0 Å². The van der Waals surface area contributed by atoms with Crippen molar-refractivity contribution in [2.75, 3.05) is 13.0 Å². The van der Waals surface area contributed by atoms with Crippen LogP contribution in [0.1, 0.15) is 6.92 Å². The van der Waals surface area contributed by atoms with Crippen molar-refractivity contribution >= 4 is 21.2 Å². The van der Waals surface area contributed by atoms with Crippen molar-refractivity contribution in [2.24, 2.45) is 0 Å². The average Bonchev–Trinajstić information content (AvgIpc) is 1.89. The zero-order chi connectivity index (χ0) is 7.33. The van der Waals surface area contributed by atoms with Crippen molar-refractivity contribution < 1.29 is 8.85 Å². The van der Waals surface area contributed by atoms with E-state index in [1.54, 1.807) is 7.11 Å². The van der Waals surface area contributed by atoms with Gasteiger partial charge >= 0.3 is 8.56 Å². The summed E-state index contributed by atoms with van der Waals surface area (Å²) in [7, 11) is -0.0801. The van der Waals surface area contributed by atoms with Gasteiger partial charge in [-0.25, -0.2) is 0 Å². The molecule has 0 rings (SSSR count). The molecule has 0 aliphatic rings. The summed E-state index contributed by atoms with van der Waals surface area (Å²) in [5.41, 5.74) is 0. The standard InChI is InChI=1S/C5H14O2SSi/c1-4-9(3,6-2)7-5-8/h8H,4-5H2,1-3H3. The minimum absolute atomic E-state index is 0.463. The SMILES string of the molecule is CC[Si](C)(OC)OCS. The van der Waals surface area contributed by atoms with Crippen LogP contribution in [-0.2, 0) is 8.85 Å². The first-order valence-electron chi connectivity index (χ1n) is 2.98. The monoisotopic (exact) mass is 166 g/mol. The molecule has 0 amide bonds. The third-order valence-corrected chi connectivity index (χ3v) is 4.72. The molecule has 1 unspecified atom stereocenters. The van der Waals surface area contributed by atoms with Crippen LogP contribution in [0.15, 0.2) is 0 Å². The Kier molecular flexibility index (Phi) is 4.56. The summed E-state index contributed by atoms with van der Waals surface area (Å²) in [5.74, 6) is 0.463. The van der Waals surface area contributed by atoms with E-state index < -0.39 is 8.56 Å². The smallest absolute Gasteiger partial charge is 0.335 e. The van der Waals surface area contributed by atoms with Crippen LogP contribution in [0.2, 0.25) is 12.6 Å². The maximum atomic E-state index is 5.31. The Balaban J connectivity index is 3.62. The van der Waals surface area contributed by atoms with E-state index in [1.165, 1.54) is 0 Å². The second kappa shape index (κ2) is 4.33. The molecule has 0 saturated carbocycles. The number of rotatable bonds is 4. The second-order valence-electron chi connectivity index (χ2n) is 1.96.